The van der Waals surface area contributed by atoms with Gasteiger partial charge in [0, 0.05) is 35.4 Å². The zero-order valence-electron chi connectivity index (χ0n) is 10.7. The van der Waals surface area contributed by atoms with E-state index in [1.165, 1.54) is 0 Å². The van der Waals surface area contributed by atoms with Crippen molar-refractivity contribution in [1.29, 1.82) is 0 Å². The van der Waals surface area contributed by atoms with Gasteiger partial charge in [-0.1, -0.05) is 18.2 Å². The molecule has 3 aromatic rings. The summed E-state index contributed by atoms with van der Waals surface area (Å²) in [5.74, 6) is 0.255. The summed E-state index contributed by atoms with van der Waals surface area (Å²) >= 11 is 3.33. The average molecular weight is 329 g/mol. The number of hydrogen-bond acceptors (Lipinski definition) is 3. The minimum absolute atomic E-state index is 0.255. The molecule has 0 bridgehead atoms. The Morgan fingerprint density at radius 3 is 2.90 bits per heavy atom. The molecule has 3 rings (SSSR count). The van der Waals surface area contributed by atoms with E-state index in [1.54, 1.807) is 12.3 Å². The maximum atomic E-state index is 9.50. The van der Waals surface area contributed by atoms with E-state index in [0.29, 0.717) is 11.0 Å². The van der Waals surface area contributed by atoms with Crippen molar-refractivity contribution in [3.8, 4) is 5.75 Å². The van der Waals surface area contributed by atoms with Gasteiger partial charge in [0.15, 0.2) is 0 Å². The summed E-state index contributed by atoms with van der Waals surface area (Å²) in [6, 6.07) is 13.6. The fraction of sp³-hybridized carbons (Fsp3) is 0.0625. The number of nitrogens with zero attached hydrogens (tertiary/aromatic N) is 1. The molecule has 0 saturated carbocycles. The number of aromatic nitrogens is 1. The molecular formula is C16H13BrN2O. The van der Waals surface area contributed by atoms with Crippen LogP contribution in [0.1, 0.15) is 5.56 Å². The minimum Gasteiger partial charge on any atom is -0.507 e. The lowest BCUT2D eigenvalue weighted by Crippen LogP contribution is -2.00. The molecule has 4 heteroatoms. The lowest BCUT2D eigenvalue weighted by Gasteiger charge is -2.10. The van der Waals surface area contributed by atoms with Crippen molar-refractivity contribution in [2.75, 3.05) is 5.32 Å². The third kappa shape index (κ3) is 2.60. The van der Waals surface area contributed by atoms with Gasteiger partial charge in [0.1, 0.15) is 5.75 Å². The Hall–Kier alpha value is -2.07. The van der Waals surface area contributed by atoms with Gasteiger partial charge in [0.05, 0.1) is 4.47 Å². The first-order valence-corrected chi connectivity index (χ1v) is 7.07. The first-order chi connectivity index (χ1) is 9.74. The molecule has 2 aromatic carbocycles. The summed E-state index contributed by atoms with van der Waals surface area (Å²) in [6.45, 7) is 0.695. The SMILES string of the molecule is Oc1ccc(CNc2cccc3cnccc23)cc1Br. The Morgan fingerprint density at radius 1 is 1.15 bits per heavy atom. The highest BCUT2D eigenvalue weighted by Gasteiger charge is 2.02. The Balaban J connectivity index is 1.85. The second-order valence-corrected chi connectivity index (χ2v) is 5.40. The molecule has 0 unspecified atom stereocenters. The predicted molar refractivity (Wildman–Crippen MR) is 84.9 cm³/mol. The van der Waals surface area contributed by atoms with Crippen LogP contribution in [0.4, 0.5) is 5.69 Å². The molecular weight excluding hydrogens is 316 g/mol. The van der Waals surface area contributed by atoms with E-state index in [9.17, 15) is 5.11 Å². The molecule has 0 radical (unpaired) electrons. The number of halogens is 1. The highest BCUT2D eigenvalue weighted by atomic mass is 79.9. The standard InChI is InChI=1S/C16H13BrN2O/c17-14-8-11(4-5-16(14)20)9-19-15-3-1-2-12-10-18-7-6-13(12)15/h1-8,10,19-20H,9H2. The van der Waals surface area contributed by atoms with Gasteiger partial charge >= 0.3 is 0 Å². The van der Waals surface area contributed by atoms with Crippen LogP contribution in [0.2, 0.25) is 0 Å². The molecule has 0 aliphatic carbocycles. The van der Waals surface area contributed by atoms with Gasteiger partial charge in [0.2, 0.25) is 0 Å². The number of fused-ring (bicyclic) bond motifs is 1. The largest absolute Gasteiger partial charge is 0.507 e. The van der Waals surface area contributed by atoms with Crippen LogP contribution in [0.25, 0.3) is 10.8 Å². The van der Waals surface area contributed by atoms with E-state index < -0.39 is 0 Å². The molecule has 0 aliphatic rings. The quantitative estimate of drug-likeness (QED) is 0.752. The second-order valence-electron chi connectivity index (χ2n) is 4.54. The smallest absolute Gasteiger partial charge is 0.129 e. The van der Waals surface area contributed by atoms with Gasteiger partial charge in [-0.2, -0.15) is 0 Å². The van der Waals surface area contributed by atoms with Gasteiger partial charge in [-0.25, -0.2) is 0 Å². The molecule has 0 spiro atoms. The Morgan fingerprint density at radius 2 is 2.05 bits per heavy atom. The average Bonchev–Trinajstić information content (AvgIpc) is 2.48. The van der Waals surface area contributed by atoms with Crippen molar-refractivity contribution in [2.24, 2.45) is 0 Å². The number of nitrogens with one attached hydrogen (secondary N) is 1. The van der Waals surface area contributed by atoms with Crippen LogP contribution < -0.4 is 5.32 Å². The number of phenolic OH excluding ortho intramolecular Hbond substituents is 1. The van der Waals surface area contributed by atoms with Crippen LogP contribution in [0, 0.1) is 0 Å². The Kier molecular flexibility index (Phi) is 3.56. The maximum Gasteiger partial charge on any atom is 0.129 e. The molecule has 3 nitrogen and oxygen atoms in total. The van der Waals surface area contributed by atoms with Crippen LogP contribution in [0.3, 0.4) is 0 Å². The third-order valence-corrected chi connectivity index (χ3v) is 3.81. The summed E-state index contributed by atoms with van der Waals surface area (Å²) in [4.78, 5) is 4.13. The van der Waals surface area contributed by atoms with Gasteiger partial charge in [-0.15, -0.1) is 0 Å². The number of hydrogen-bond donors (Lipinski definition) is 2. The summed E-state index contributed by atoms with van der Waals surface area (Å²) < 4.78 is 0.707. The molecule has 100 valence electrons. The summed E-state index contributed by atoms with van der Waals surface area (Å²) in [7, 11) is 0. The monoisotopic (exact) mass is 328 g/mol. The number of anilines is 1. The Bertz CT molecular complexity index is 753. The number of rotatable bonds is 3. The molecule has 0 aliphatic heterocycles. The summed E-state index contributed by atoms with van der Waals surface area (Å²) in [5.41, 5.74) is 2.18. The summed E-state index contributed by atoms with van der Waals surface area (Å²) in [5, 5.41) is 15.2. The number of pyridine rings is 1. The molecule has 0 atom stereocenters. The molecule has 2 N–H and O–H groups in total. The van der Waals surface area contributed by atoms with E-state index in [2.05, 4.69) is 32.3 Å². The van der Waals surface area contributed by atoms with E-state index in [4.69, 9.17) is 0 Å². The lowest BCUT2D eigenvalue weighted by molar-refractivity contribution is 0.471. The van der Waals surface area contributed by atoms with Gasteiger partial charge in [-0.05, 0) is 45.8 Å². The normalized spacial score (nSPS) is 10.7. The van der Waals surface area contributed by atoms with E-state index >= 15 is 0 Å². The Labute approximate surface area is 125 Å². The molecule has 20 heavy (non-hydrogen) atoms. The molecule has 0 fully saturated rings. The van der Waals surface area contributed by atoms with Crippen LogP contribution in [-0.2, 0) is 6.54 Å². The van der Waals surface area contributed by atoms with E-state index in [1.807, 2.05) is 36.5 Å². The van der Waals surface area contributed by atoms with Crippen LogP contribution in [0.5, 0.6) is 5.75 Å². The summed E-state index contributed by atoms with van der Waals surface area (Å²) in [6.07, 6.45) is 3.66. The predicted octanol–water partition coefficient (Wildman–Crippen LogP) is 4.32. The maximum absolute atomic E-state index is 9.50. The van der Waals surface area contributed by atoms with Crippen molar-refractivity contribution in [3.63, 3.8) is 0 Å². The second kappa shape index (κ2) is 5.51. The first-order valence-electron chi connectivity index (χ1n) is 6.28. The zero-order chi connectivity index (χ0) is 13.9. The molecule has 0 amide bonds. The van der Waals surface area contributed by atoms with E-state index in [0.717, 1.165) is 22.0 Å². The van der Waals surface area contributed by atoms with Gasteiger partial charge in [-0.3, -0.25) is 4.98 Å². The minimum atomic E-state index is 0.255. The first kappa shape index (κ1) is 12.9. The van der Waals surface area contributed by atoms with Crippen LogP contribution in [-0.4, -0.2) is 10.1 Å². The molecule has 1 heterocycles. The van der Waals surface area contributed by atoms with Crippen molar-refractivity contribution in [2.45, 2.75) is 6.54 Å². The van der Waals surface area contributed by atoms with Crippen molar-refractivity contribution >= 4 is 32.4 Å². The van der Waals surface area contributed by atoms with Crippen LogP contribution in [0.15, 0.2) is 59.3 Å². The highest BCUT2D eigenvalue weighted by molar-refractivity contribution is 9.10. The molecule has 1 aromatic heterocycles. The fourth-order valence-electron chi connectivity index (χ4n) is 2.13. The van der Waals surface area contributed by atoms with Crippen molar-refractivity contribution in [1.82, 2.24) is 4.98 Å². The van der Waals surface area contributed by atoms with E-state index in [-0.39, 0.29) is 5.75 Å². The molecule has 0 saturated heterocycles. The zero-order valence-corrected chi connectivity index (χ0v) is 12.3. The number of aromatic hydroxyl groups is 1. The highest BCUT2D eigenvalue weighted by Crippen LogP contribution is 2.26. The third-order valence-electron chi connectivity index (χ3n) is 3.18. The lowest BCUT2D eigenvalue weighted by atomic mass is 10.1. The topological polar surface area (TPSA) is 45.1 Å². The number of phenols is 1. The van der Waals surface area contributed by atoms with Gasteiger partial charge in [0.25, 0.3) is 0 Å². The van der Waals surface area contributed by atoms with Crippen molar-refractivity contribution in [3.05, 3.63) is 64.9 Å². The number of benzene rings is 2. The van der Waals surface area contributed by atoms with Crippen LogP contribution >= 0.6 is 15.9 Å². The van der Waals surface area contributed by atoms with Crippen molar-refractivity contribution < 1.29 is 5.11 Å². The van der Waals surface area contributed by atoms with Gasteiger partial charge < -0.3 is 10.4 Å². The fourth-order valence-corrected chi connectivity index (χ4v) is 2.56.